The summed E-state index contributed by atoms with van der Waals surface area (Å²) < 4.78 is 24.1. The van der Waals surface area contributed by atoms with Gasteiger partial charge in [-0.2, -0.15) is 0 Å². The molecule has 0 aromatic heterocycles. The van der Waals surface area contributed by atoms with Gasteiger partial charge in [-0.15, -0.1) is 0 Å². The molecule has 0 fully saturated rings. The smallest absolute Gasteiger partial charge is 0.304 e. The lowest BCUT2D eigenvalue weighted by atomic mass is 10.2. The number of hydrogen-bond donors (Lipinski definition) is 1. The van der Waals surface area contributed by atoms with E-state index >= 15 is 0 Å². The molecule has 1 atom stereocenters. The monoisotopic (exact) mass is 223 g/mol. The molecular weight excluding hydrogens is 206 g/mol. The molecule has 0 aromatic rings. The van der Waals surface area contributed by atoms with Crippen molar-refractivity contribution in [3.63, 3.8) is 0 Å². The first-order chi connectivity index (χ1) is 6.31. The standard InChI is InChI=1S/C8H17NO4S/c1-4-5-14(12,13)9(3)7(2)6-8(10)11/h7H,4-6H2,1-3H3,(H,10,11). The number of carbonyl (C=O) groups is 1. The highest BCUT2D eigenvalue weighted by atomic mass is 32.2. The summed E-state index contributed by atoms with van der Waals surface area (Å²) in [7, 11) is -1.87. The largest absolute Gasteiger partial charge is 0.481 e. The van der Waals surface area contributed by atoms with Crippen LogP contribution in [0.1, 0.15) is 26.7 Å². The maximum Gasteiger partial charge on any atom is 0.304 e. The molecule has 0 spiro atoms. The van der Waals surface area contributed by atoms with E-state index in [2.05, 4.69) is 0 Å². The fourth-order valence-corrected chi connectivity index (χ4v) is 2.48. The summed E-state index contributed by atoms with van der Waals surface area (Å²) in [5.74, 6) is -0.927. The van der Waals surface area contributed by atoms with Crippen LogP contribution in [0.4, 0.5) is 0 Å². The third-order valence-corrected chi connectivity index (χ3v) is 4.15. The Morgan fingerprint density at radius 2 is 2.00 bits per heavy atom. The van der Waals surface area contributed by atoms with Gasteiger partial charge in [0.2, 0.25) is 10.0 Å². The van der Waals surface area contributed by atoms with Crippen LogP contribution in [0.15, 0.2) is 0 Å². The molecule has 6 heteroatoms. The van der Waals surface area contributed by atoms with E-state index in [0.717, 1.165) is 4.31 Å². The van der Waals surface area contributed by atoms with E-state index in [4.69, 9.17) is 5.11 Å². The van der Waals surface area contributed by atoms with Gasteiger partial charge in [0, 0.05) is 13.1 Å². The van der Waals surface area contributed by atoms with Crippen LogP contribution in [0, 0.1) is 0 Å². The Morgan fingerprint density at radius 3 is 2.36 bits per heavy atom. The van der Waals surface area contributed by atoms with Crippen LogP contribution >= 0.6 is 0 Å². The van der Waals surface area contributed by atoms with Crippen LogP contribution in [-0.4, -0.2) is 42.6 Å². The third kappa shape index (κ3) is 4.06. The molecule has 0 radical (unpaired) electrons. The summed E-state index contributed by atoms with van der Waals surface area (Å²) in [6, 6.07) is -0.496. The second-order valence-corrected chi connectivity index (χ2v) is 5.43. The molecule has 14 heavy (non-hydrogen) atoms. The Morgan fingerprint density at radius 1 is 1.50 bits per heavy atom. The topological polar surface area (TPSA) is 74.7 Å². The summed E-state index contributed by atoms with van der Waals surface area (Å²) >= 11 is 0. The van der Waals surface area contributed by atoms with Crippen LogP contribution in [0.25, 0.3) is 0 Å². The second kappa shape index (κ2) is 5.31. The minimum atomic E-state index is -3.29. The first kappa shape index (κ1) is 13.4. The lowest BCUT2D eigenvalue weighted by Gasteiger charge is -2.22. The van der Waals surface area contributed by atoms with Gasteiger partial charge in [-0.05, 0) is 13.3 Å². The van der Waals surface area contributed by atoms with Crippen molar-refractivity contribution in [2.45, 2.75) is 32.7 Å². The van der Waals surface area contributed by atoms with Crippen molar-refractivity contribution >= 4 is 16.0 Å². The molecule has 1 unspecified atom stereocenters. The molecule has 84 valence electrons. The molecule has 5 nitrogen and oxygen atoms in total. The number of carboxylic acid groups (broad SMARTS) is 1. The predicted molar refractivity (Wildman–Crippen MR) is 53.6 cm³/mol. The highest BCUT2D eigenvalue weighted by molar-refractivity contribution is 7.89. The Hall–Kier alpha value is -0.620. The highest BCUT2D eigenvalue weighted by Crippen LogP contribution is 2.08. The van der Waals surface area contributed by atoms with Gasteiger partial charge in [0.25, 0.3) is 0 Å². The second-order valence-electron chi connectivity index (χ2n) is 3.28. The van der Waals surface area contributed by atoms with E-state index in [1.807, 2.05) is 0 Å². The van der Waals surface area contributed by atoms with Gasteiger partial charge in [-0.25, -0.2) is 12.7 Å². The van der Waals surface area contributed by atoms with Gasteiger partial charge in [-0.3, -0.25) is 4.79 Å². The van der Waals surface area contributed by atoms with Gasteiger partial charge in [0.1, 0.15) is 0 Å². The van der Waals surface area contributed by atoms with E-state index in [9.17, 15) is 13.2 Å². The number of carboxylic acids is 1. The number of hydrogen-bond acceptors (Lipinski definition) is 3. The van der Waals surface area contributed by atoms with E-state index in [1.54, 1.807) is 13.8 Å². The third-order valence-electron chi connectivity index (χ3n) is 1.99. The predicted octanol–water partition coefficient (Wildman–Crippen LogP) is 0.521. The summed E-state index contributed by atoms with van der Waals surface area (Å²) in [6.45, 7) is 3.36. The van der Waals surface area contributed by atoms with Crippen molar-refractivity contribution in [1.82, 2.24) is 4.31 Å². The minimum absolute atomic E-state index is 0.0630. The van der Waals surface area contributed by atoms with Crippen molar-refractivity contribution in [1.29, 1.82) is 0 Å². The Labute approximate surface area is 84.8 Å². The summed E-state index contributed by atoms with van der Waals surface area (Å²) in [4.78, 5) is 10.4. The Bertz CT molecular complexity index is 286. The van der Waals surface area contributed by atoms with Crippen LogP contribution < -0.4 is 0 Å². The summed E-state index contributed by atoms with van der Waals surface area (Å²) in [5, 5.41) is 8.51. The lowest BCUT2D eigenvalue weighted by Crippen LogP contribution is -2.37. The summed E-state index contributed by atoms with van der Waals surface area (Å²) in [5.41, 5.74) is 0. The fraction of sp³-hybridized carbons (Fsp3) is 0.875. The Balaban J connectivity index is 4.45. The van der Waals surface area contributed by atoms with E-state index in [0.29, 0.717) is 6.42 Å². The zero-order chi connectivity index (χ0) is 11.4. The fourth-order valence-electron chi connectivity index (χ4n) is 1.06. The van der Waals surface area contributed by atoms with Crippen molar-refractivity contribution in [3.05, 3.63) is 0 Å². The quantitative estimate of drug-likeness (QED) is 0.712. The first-order valence-corrected chi connectivity index (χ1v) is 6.09. The van der Waals surface area contributed by atoms with Gasteiger partial charge in [0.15, 0.2) is 0 Å². The van der Waals surface area contributed by atoms with E-state index in [-0.39, 0.29) is 12.2 Å². The SMILES string of the molecule is CCCS(=O)(=O)N(C)C(C)CC(=O)O. The summed E-state index contributed by atoms with van der Waals surface area (Å²) in [6.07, 6.45) is 0.367. The van der Waals surface area contributed by atoms with Crippen LogP contribution in [0.3, 0.4) is 0 Å². The molecule has 0 aliphatic heterocycles. The molecule has 0 aliphatic rings. The van der Waals surface area contributed by atoms with Crippen molar-refractivity contribution in [3.8, 4) is 0 Å². The number of rotatable bonds is 6. The molecule has 0 aromatic carbocycles. The number of sulfonamides is 1. The molecule has 0 aliphatic carbocycles. The molecule has 1 N–H and O–H groups in total. The first-order valence-electron chi connectivity index (χ1n) is 4.48. The average Bonchev–Trinajstić information content (AvgIpc) is 2.01. The maximum atomic E-state index is 11.5. The molecular formula is C8H17NO4S. The molecule has 0 saturated carbocycles. The van der Waals surface area contributed by atoms with Gasteiger partial charge < -0.3 is 5.11 Å². The van der Waals surface area contributed by atoms with Crippen molar-refractivity contribution in [2.75, 3.05) is 12.8 Å². The Kier molecular flexibility index (Phi) is 5.07. The van der Waals surface area contributed by atoms with E-state index in [1.165, 1.54) is 7.05 Å². The van der Waals surface area contributed by atoms with Crippen LogP contribution in [0.2, 0.25) is 0 Å². The molecule has 0 heterocycles. The lowest BCUT2D eigenvalue weighted by molar-refractivity contribution is -0.137. The zero-order valence-electron chi connectivity index (χ0n) is 8.73. The van der Waals surface area contributed by atoms with Gasteiger partial charge in [0.05, 0.1) is 12.2 Å². The highest BCUT2D eigenvalue weighted by Gasteiger charge is 2.23. The number of aliphatic carboxylic acids is 1. The van der Waals surface area contributed by atoms with Crippen molar-refractivity contribution < 1.29 is 18.3 Å². The molecule has 0 bridgehead atoms. The average molecular weight is 223 g/mol. The van der Waals surface area contributed by atoms with Gasteiger partial charge in [-0.1, -0.05) is 6.92 Å². The minimum Gasteiger partial charge on any atom is -0.481 e. The van der Waals surface area contributed by atoms with E-state index < -0.39 is 22.0 Å². The van der Waals surface area contributed by atoms with Gasteiger partial charge >= 0.3 is 5.97 Å². The number of nitrogens with zero attached hydrogens (tertiary/aromatic N) is 1. The van der Waals surface area contributed by atoms with Crippen molar-refractivity contribution in [2.24, 2.45) is 0 Å². The van der Waals surface area contributed by atoms with Crippen LogP contribution in [0.5, 0.6) is 0 Å². The van der Waals surface area contributed by atoms with Crippen LogP contribution in [-0.2, 0) is 14.8 Å². The molecule has 0 saturated heterocycles. The normalized spacial score (nSPS) is 14.3. The maximum absolute atomic E-state index is 11.5. The zero-order valence-corrected chi connectivity index (χ0v) is 9.54. The molecule has 0 amide bonds. The molecule has 0 rings (SSSR count).